The van der Waals surface area contributed by atoms with Crippen molar-refractivity contribution in [1.29, 1.82) is 0 Å². The van der Waals surface area contributed by atoms with Crippen molar-refractivity contribution in [2.24, 2.45) is 5.41 Å². The number of likely N-dealkylation sites (tertiary alicyclic amines) is 1. The summed E-state index contributed by atoms with van der Waals surface area (Å²) in [6.45, 7) is 8.30. The van der Waals surface area contributed by atoms with Crippen molar-refractivity contribution in [3.63, 3.8) is 0 Å². The van der Waals surface area contributed by atoms with Gasteiger partial charge in [-0.3, -0.25) is 0 Å². The summed E-state index contributed by atoms with van der Waals surface area (Å²) in [6.07, 6.45) is 3.78. The molecule has 2 heteroatoms. The molecule has 1 aliphatic rings. The van der Waals surface area contributed by atoms with E-state index in [2.05, 4.69) is 61.7 Å². The highest BCUT2D eigenvalue weighted by atomic mass is 32.1. The summed E-state index contributed by atoms with van der Waals surface area (Å²) in [5.74, 6) is 1.74. The Hall–Kier alpha value is -0.470. The standard InChI is InChI=1S/C17H27NS/c1-3-17(4-2,14-19)13-18-11-10-16(12-18)15-8-6-5-7-9-15/h5-9,16,19H,3-4,10-14H2,1-2H3. The summed E-state index contributed by atoms with van der Waals surface area (Å²) < 4.78 is 0. The van der Waals surface area contributed by atoms with Crippen LogP contribution >= 0.6 is 12.6 Å². The summed E-state index contributed by atoms with van der Waals surface area (Å²) in [6, 6.07) is 11.0. The average Bonchev–Trinajstić information content (AvgIpc) is 2.94. The molecule has 1 atom stereocenters. The van der Waals surface area contributed by atoms with Crippen LogP contribution in [0.5, 0.6) is 0 Å². The van der Waals surface area contributed by atoms with Crippen LogP contribution < -0.4 is 0 Å². The third-order valence-electron chi connectivity index (χ3n) is 4.94. The van der Waals surface area contributed by atoms with Crippen molar-refractivity contribution in [2.45, 2.75) is 39.0 Å². The fourth-order valence-corrected chi connectivity index (χ4v) is 3.74. The Labute approximate surface area is 123 Å². The van der Waals surface area contributed by atoms with Gasteiger partial charge in [0.1, 0.15) is 0 Å². The summed E-state index contributed by atoms with van der Waals surface area (Å²) in [4.78, 5) is 2.65. The second-order valence-electron chi connectivity index (χ2n) is 6.00. The maximum absolute atomic E-state index is 4.60. The first kappa shape index (κ1) is 14.9. The molecule has 0 radical (unpaired) electrons. The molecule has 2 rings (SSSR count). The van der Waals surface area contributed by atoms with Gasteiger partial charge < -0.3 is 4.90 Å². The van der Waals surface area contributed by atoms with E-state index in [1.165, 1.54) is 44.5 Å². The molecule has 1 unspecified atom stereocenters. The Morgan fingerprint density at radius 3 is 2.47 bits per heavy atom. The quantitative estimate of drug-likeness (QED) is 0.762. The maximum Gasteiger partial charge on any atom is 0.00510 e. The van der Waals surface area contributed by atoms with Crippen LogP contribution in [-0.2, 0) is 0 Å². The summed E-state index contributed by atoms with van der Waals surface area (Å²) in [7, 11) is 0. The van der Waals surface area contributed by atoms with Crippen LogP contribution in [0.2, 0.25) is 0 Å². The molecule has 1 heterocycles. The molecular weight excluding hydrogens is 250 g/mol. The monoisotopic (exact) mass is 277 g/mol. The highest BCUT2D eigenvalue weighted by molar-refractivity contribution is 7.80. The largest absolute Gasteiger partial charge is 0.302 e. The lowest BCUT2D eigenvalue weighted by molar-refractivity contribution is 0.182. The molecule has 1 aromatic rings. The normalized spacial score (nSPS) is 20.9. The molecule has 1 aliphatic heterocycles. The Bertz CT molecular complexity index is 364. The molecule has 19 heavy (non-hydrogen) atoms. The van der Waals surface area contributed by atoms with E-state index in [0.717, 1.165) is 11.7 Å². The zero-order valence-electron chi connectivity index (χ0n) is 12.3. The molecule has 0 N–H and O–H groups in total. The average molecular weight is 277 g/mol. The fraction of sp³-hybridized carbons (Fsp3) is 0.647. The van der Waals surface area contributed by atoms with Crippen molar-refractivity contribution in [1.82, 2.24) is 4.90 Å². The van der Waals surface area contributed by atoms with Gasteiger partial charge in [-0.1, -0.05) is 44.2 Å². The molecule has 0 spiro atoms. The molecule has 0 amide bonds. The second kappa shape index (κ2) is 6.81. The van der Waals surface area contributed by atoms with E-state index in [1.54, 1.807) is 0 Å². The lowest BCUT2D eigenvalue weighted by atomic mass is 9.84. The number of hydrogen-bond acceptors (Lipinski definition) is 2. The first-order valence-corrected chi connectivity index (χ1v) is 8.24. The van der Waals surface area contributed by atoms with Crippen molar-refractivity contribution in [2.75, 3.05) is 25.4 Å². The van der Waals surface area contributed by atoms with E-state index in [4.69, 9.17) is 0 Å². The zero-order chi connectivity index (χ0) is 13.7. The van der Waals surface area contributed by atoms with Gasteiger partial charge in [0.15, 0.2) is 0 Å². The number of hydrogen-bond donors (Lipinski definition) is 1. The SMILES string of the molecule is CCC(CC)(CS)CN1CCC(c2ccccc2)C1. The molecule has 1 saturated heterocycles. The number of rotatable bonds is 6. The summed E-state index contributed by atoms with van der Waals surface area (Å²) in [5.41, 5.74) is 1.92. The van der Waals surface area contributed by atoms with E-state index in [9.17, 15) is 0 Å². The van der Waals surface area contributed by atoms with Crippen molar-refractivity contribution in [3.05, 3.63) is 35.9 Å². The minimum absolute atomic E-state index is 0.411. The number of benzene rings is 1. The number of nitrogens with zero attached hydrogens (tertiary/aromatic N) is 1. The van der Waals surface area contributed by atoms with Gasteiger partial charge in [0.2, 0.25) is 0 Å². The van der Waals surface area contributed by atoms with Gasteiger partial charge in [0, 0.05) is 13.1 Å². The molecule has 1 aromatic carbocycles. The number of thiol groups is 1. The van der Waals surface area contributed by atoms with Crippen LogP contribution in [0.3, 0.4) is 0 Å². The van der Waals surface area contributed by atoms with E-state index in [0.29, 0.717) is 5.41 Å². The van der Waals surface area contributed by atoms with Crippen molar-refractivity contribution >= 4 is 12.6 Å². The lowest BCUT2D eigenvalue weighted by Crippen LogP contribution is -2.37. The summed E-state index contributed by atoms with van der Waals surface area (Å²) in [5, 5.41) is 0. The summed E-state index contributed by atoms with van der Waals surface area (Å²) >= 11 is 4.60. The minimum Gasteiger partial charge on any atom is -0.302 e. The molecule has 106 valence electrons. The van der Waals surface area contributed by atoms with Crippen LogP contribution in [0.15, 0.2) is 30.3 Å². The Morgan fingerprint density at radius 1 is 1.21 bits per heavy atom. The van der Waals surface area contributed by atoms with Crippen molar-refractivity contribution in [3.8, 4) is 0 Å². The van der Waals surface area contributed by atoms with Crippen LogP contribution in [0.25, 0.3) is 0 Å². The topological polar surface area (TPSA) is 3.24 Å². The fourth-order valence-electron chi connectivity index (χ4n) is 3.20. The molecule has 1 nitrogen and oxygen atoms in total. The van der Waals surface area contributed by atoms with Crippen LogP contribution in [-0.4, -0.2) is 30.3 Å². The highest BCUT2D eigenvalue weighted by Crippen LogP contribution is 2.33. The van der Waals surface area contributed by atoms with Gasteiger partial charge in [-0.15, -0.1) is 0 Å². The second-order valence-corrected chi connectivity index (χ2v) is 6.31. The van der Waals surface area contributed by atoms with E-state index in [1.807, 2.05) is 0 Å². The predicted octanol–water partition coefficient (Wildman–Crippen LogP) is 4.21. The Balaban J connectivity index is 1.95. The van der Waals surface area contributed by atoms with E-state index in [-0.39, 0.29) is 0 Å². The molecular formula is C17H27NS. The first-order chi connectivity index (χ1) is 9.23. The van der Waals surface area contributed by atoms with Gasteiger partial charge in [-0.05, 0) is 48.5 Å². The van der Waals surface area contributed by atoms with Crippen molar-refractivity contribution < 1.29 is 0 Å². The molecule has 0 aromatic heterocycles. The van der Waals surface area contributed by atoms with Crippen LogP contribution in [0, 0.1) is 5.41 Å². The molecule has 0 bridgehead atoms. The van der Waals surface area contributed by atoms with Gasteiger partial charge in [-0.25, -0.2) is 0 Å². The van der Waals surface area contributed by atoms with E-state index >= 15 is 0 Å². The highest BCUT2D eigenvalue weighted by Gasteiger charge is 2.31. The van der Waals surface area contributed by atoms with Crippen LogP contribution in [0.4, 0.5) is 0 Å². The third kappa shape index (κ3) is 3.55. The Morgan fingerprint density at radius 2 is 1.89 bits per heavy atom. The maximum atomic E-state index is 4.60. The molecule has 0 aliphatic carbocycles. The predicted molar refractivity (Wildman–Crippen MR) is 87.1 cm³/mol. The van der Waals surface area contributed by atoms with E-state index < -0.39 is 0 Å². The zero-order valence-corrected chi connectivity index (χ0v) is 13.2. The van der Waals surface area contributed by atoms with Crippen LogP contribution in [0.1, 0.15) is 44.6 Å². The van der Waals surface area contributed by atoms with Gasteiger partial charge in [0.05, 0.1) is 0 Å². The molecule has 0 saturated carbocycles. The lowest BCUT2D eigenvalue weighted by Gasteiger charge is -2.34. The molecule has 1 fully saturated rings. The van der Waals surface area contributed by atoms with Gasteiger partial charge in [-0.2, -0.15) is 12.6 Å². The third-order valence-corrected chi connectivity index (χ3v) is 5.61. The minimum atomic E-state index is 0.411. The van der Waals surface area contributed by atoms with Gasteiger partial charge in [0.25, 0.3) is 0 Å². The first-order valence-electron chi connectivity index (χ1n) is 7.61. The Kier molecular flexibility index (Phi) is 5.35. The smallest absolute Gasteiger partial charge is 0.00510 e. The van der Waals surface area contributed by atoms with Gasteiger partial charge >= 0.3 is 0 Å².